The Morgan fingerprint density at radius 1 is 1.28 bits per heavy atom. The summed E-state index contributed by atoms with van der Waals surface area (Å²) in [6.07, 6.45) is 3.22. The van der Waals surface area contributed by atoms with Crippen LogP contribution in [0, 0.1) is 5.41 Å². The van der Waals surface area contributed by atoms with Crippen LogP contribution in [0.2, 0.25) is 0 Å². The predicted octanol–water partition coefficient (Wildman–Crippen LogP) is 3.02. The molecule has 0 atom stereocenters. The van der Waals surface area contributed by atoms with Crippen LogP contribution in [-0.4, -0.2) is 18.2 Å². The summed E-state index contributed by atoms with van der Waals surface area (Å²) in [7, 11) is 1.70. The van der Waals surface area contributed by atoms with Gasteiger partial charge in [0.05, 0.1) is 7.11 Å². The average Bonchev–Trinajstić information content (AvgIpc) is 2.78. The maximum atomic E-state index is 5.77. The van der Waals surface area contributed by atoms with Crippen molar-refractivity contribution in [2.45, 2.75) is 26.8 Å². The van der Waals surface area contributed by atoms with E-state index >= 15 is 0 Å². The van der Waals surface area contributed by atoms with E-state index in [-0.39, 0.29) is 5.41 Å². The van der Waals surface area contributed by atoms with Crippen LogP contribution in [0.3, 0.4) is 0 Å². The van der Waals surface area contributed by atoms with Crippen molar-refractivity contribution < 1.29 is 4.74 Å². The number of hydrogen-bond acceptors (Lipinski definition) is 2. The highest BCUT2D eigenvalue weighted by Crippen LogP contribution is 2.24. The third kappa shape index (κ3) is 2.67. The molecule has 2 aromatic rings. The summed E-state index contributed by atoms with van der Waals surface area (Å²) in [5, 5.41) is 1.22. The van der Waals surface area contributed by atoms with Gasteiger partial charge in [-0.25, -0.2) is 0 Å². The summed E-state index contributed by atoms with van der Waals surface area (Å²) in [4.78, 5) is 0. The third-order valence-electron chi connectivity index (χ3n) is 3.56. The lowest BCUT2D eigenvalue weighted by atomic mass is 9.90. The first kappa shape index (κ1) is 13.0. The van der Waals surface area contributed by atoms with Gasteiger partial charge in [0.15, 0.2) is 0 Å². The van der Waals surface area contributed by atoms with Crippen LogP contribution in [0.15, 0.2) is 30.5 Å². The first-order valence-electron chi connectivity index (χ1n) is 6.39. The van der Waals surface area contributed by atoms with Crippen LogP contribution < -0.4 is 10.5 Å². The zero-order chi connectivity index (χ0) is 13.2. The molecule has 0 amide bonds. The quantitative estimate of drug-likeness (QED) is 0.881. The number of rotatable bonds is 5. The number of fused-ring (bicyclic) bond motifs is 1. The van der Waals surface area contributed by atoms with Gasteiger partial charge >= 0.3 is 0 Å². The van der Waals surface area contributed by atoms with Gasteiger partial charge in [-0.05, 0) is 42.6 Å². The van der Waals surface area contributed by atoms with E-state index in [0.29, 0.717) is 0 Å². The van der Waals surface area contributed by atoms with Crippen molar-refractivity contribution in [2.75, 3.05) is 13.7 Å². The fourth-order valence-electron chi connectivity index (χ4n) is 2.03. The van der Waals surface area contributed by atoms with Crippen LogP contribution in [0.5, 0.6) is 5.75 Å². The summed E-state index contributed by atoms with van der Waals surface area (Å²) in [6, 6.07) is 8.32. The topological polar surface area (TPSA) is 40.2 Å². The van der Waals surface area contributed by atoms with Gasteiger partial charge < -0.3 is 15.0 Å². The molecule has 0 saturated carbocycles. The van der Waals surface area contributed by atoms with E-state index in [9.17, 15) is 0 Å². The standard InChI is InChI=1S/C15H22N2O/c1-15(2,11-16)7-9-17-8-6-12-10-13(18-3)4-5-14(12)17/h4-6,8,10H,7,9,11,16H2,1-3H3. The van der Waals surface area contributed by atoms with E-state index in [1.54, 1.807) is 7.11 Å². The second-order valence-corrected chi connectivity index (χ2v) is 5.55. The van der Waals surface area contributed by atoms with E-state index in [0.717, 1.165) is 25.3 Å². The molecule has 0 aliphatic carbocycles. The largest absolute Gasteiger partial charge is 0.497 e. The molecule has 0 radical (unpaired) electrons. The molecule has 2 rings (SSSR count). The zero-order valence-electron chi connectivity index (χ0n) is 11.4. The molecule has 0 bridgehead atoms. The highest BCUT2D eigenvalue weighted by molar-refractivity contribution is 5.81. The highest BCUT2D eigenvalue weighted by atomic mass is 16.5. The number of benzene rings is 1. The number of nitrogens with zero attached hydrogens (tertiary/aromatic N) is 1. The van der Waals surface area contributed by atoms with Gasteiger partial charge in [-0.3, -0.25) is 0 Å². The molecule has 0 spiro atoms. The summed E-state index contributed by atoms with van der Waals surface area (Å²) < 4.78 is 7.52. The molecule has 3 heteroatoms. The lowest BCUT2D eigenvalue weighted by Crippen LogP contribution is -2.24. The number of hydrogen-bond donors (Lipinski definition) is 1. The second-order valence-electron chi connectivity index (χ2n) is 5.55. The molecule has 0 unspecified atom stereocenters. The molecule has 0 fully saturated rings. The molecule has 3 nitrogen and oxygen atoms in total. The fourth-order valence-corrected chi connectivity index (χ4v) is 2.03. The Balaban J connectivity index is 2.19. The summed E-state index contributed by atoms with van der Waals surface area (Å²) in [5.74, 6) is 0.905. The molecular weight excluding hydrogens is 224 g/mol. The first-order valence-corrected chi connectivity index (χ1v) is 6.39. The van der Waals surface area contributed by atoms with Gasteiger partial charge in [-0.1, -0.05) is 13.8 Å². The lowest BCUT2D eigenvalue weighted by molar-refractivity contribution is 0.326. The molecule has 98 valence electrons. The van der Waals surface area contributed by atoms with E-state index in [2.05, 4.69) is 42.8 Å². The van der Waals surface area contributed by atoms with Crippen LogP contribution in [-0.2, 0) is 6.54 Å². The van der Waals surface area contributed by atoms with E-state index in [4.69, 9.17) is 10.5 Å². The van der Waals surface area contributed by atoms with Gasteiger partial charge in [-0.15, -0.1) is 0 Å². The van der Waals surface area contributed by atoms with E-state index in [1.165, 1.54) is 10.9 Å². The SMILES string of the molecule is COc1ccc2c(ccn2CCC(C)(C)CN)c1. The summed E-state index contributed by atoms with van der Waals surface area (Å²) in [5.41, 5.74) is 7.22. The van der Waals surface area contributed by atoms with Gasteiger partial charge in [0, 0.05) is 23.6 Å². The Labute approximate surface area is 109 Å². The molecular formula is C15H22N2O. The average molecular weight is 246 g/mol. The van der Waals surface area contributed by atoms with Crippen molar-refractivity contribution in [1.82, 2.24) is 4.57 Å². The normalized spacial score (nSPS) is 12.0. The molecule has 0 aliphatic heterocycles. The number of aryl methyl sites for hydroxylation is 1. The van der Waals surface area contributed by atoms with Crippen molar-refractivity contribution in [3.05, 3.63) is 30.5 Å². The van der Waals surface area contributed by atoms with Gasteiger partial charge in [-0.2, -0.15) is 0 Å². The second kappa shape index (κ2) is 5.02. The summed E-state index contributed by atoms with van der Waals surface area (Å²) >= 11 is 0. The van der Waals surface area contributed by atoms with Gasteiger partial charge in [0.2, 0.25) is 0 Å². The fraction of sp³-hybridized carbons (Fsp3) is 0.467. The van der Waals surface area contributed by atoms with Crippen LogP contribution in [0.4, 0.5) is 0 Å². The van der Waals surface area contributed by atoms with Crippen molar-refractivity contribution in [3.63, 3.8) is 0 Å². The highest BCUT2D eigenvalue weighted by Gasteiger charge is 2.15. The maximum Gasteiger partial charge on any atom is 0.119 e. The van der Waals surface area contributed by atoms with Crippen LogP contribution in [0.25, 0.3) is 10.9 Å². The van der Waals surface area contributed by atoms with Crippen molar-refractivity contribution in [3.8, 4) is 5.75 Å². The van der Waals surface area contributed by atoms with Crippen molar-refractivity contribution in [1.29, 1.82) is 0 Å². The molecule has 1 heterocycles. The minimum absolute atomic E-state index is 0.197. The molecule has 1 aromatic heterocycles. The molecule has 2 N–H and O–H groups in total. The Hall–Kier alpha value is -1.48. The van der Waals surface area contributed by atoms with Crippen LogP contribution >= 0.6 is 0 Å². The van der Waals surface area contributed by atoms with E-state index < -0.39 is 0 Å². The minimum atomic E-state index is 0.197. The number of nitrogens with two attached hydrogens (primary N) is 1. The monoisotopic (exact) mass is 246 g/mol. The first-order chi connectivity index (χ1) is 8.55. The van der Waals surface area contributed by atoms with Gasteiger partial charge in [0.1, 0.15) is 5.75 Å². The lowest BCUT2D eigenvalue weighted by Gasteiger charge is -2.22. The number of ether oxygens (including phenoxy) is 1. The Morgan fingerprint density at radius 2 is 2.06 bits per heavy atom. The third-order valence-corrected chi connectivity index (χ3v) is 3.56. The van der Waals surface area contributed by atoms with Gasteiger partial charge in [0.25, 0.3) is 0 Å². The number of aromatic nitrogens is 1. The molecule has 1 aromatic carbocycles. The Kier molecular flexibility index (Phi) is 3.62. The zero-order valence-corrected chi connectivity index (χ0v) is 11.4. The minimum Gasteiger partial charge on any atom is -0.497 e. The maximum absolute atomic E-state index is 5.77. The summed E-state index contributed by atoms with van der Waals surface area (Å²) in [6.45, 7) is 6.14. The predicted molar refractivity (Wildman–Crippen MR) is 75.9 cm³/mol. The van der Waals surface area contributed by atoms with E-state index in [1.807, 2.05) is 6.07 Å². The Morgan fingerprint density at radius 3 is 2.72 bits per heavy atom. The van der Waals surface area contributed by atoms with Crippen LogP contribution in [0.1, 0.15) is 20.3 Å². The smallest absolute Gasteiger partial charge is 0.119 e. The molecule has 0 saturated heterocycles. The molecule has 18 heavy (non-hydrogen) atoms. The molecule has 0 aliphatic rings. The van der Waals surface area contributed by atoms with Crippen molar-refractivity contribution >= 4 is 10.9 Å². The Bertz CT molecular complexity index is 528. The van der Waals surface area contributed by atoms with Crippen molar-refractivity contribution in [2.24, 2.45) is 11.1 Å². The number of methoxy groups -OCH3 is 1.